The molecule has 0 aliphatic rings. The summed E-state index contributed by atoms with van der Waals surface area (Å²) < 4.78 is 11.6. The average molecular weight is 357 g/mol. The number of fused-ring (bicyclic) bond motifs is 1. The molecule has 0 aliphatic heterocycles. The first-order chi connectivity index (χ1) is 12.5. The topological polar surface area (TPSA) is 111 Å². The second kappa shape index (κ2) is 7.26. The van der Waals surface area contributed by atoms with Crippen LogP contribution in [0.5, 0.6) is 11.5 Å². The van der Waals surface area contributed by atoms with Crippen LogP contribution < -0.4 is 20.3 Å². The van der Waals surface area contributed by atoms with Gasteiger partial charge < -0.3 is 14.8 Å². The minimum absolute atomic E-state index is 0.145. The van der Waals surface area contributed by atoms with E-state index < -0.39 is 0 Å². The molecule has 3 rings (SSSR count). The van der Waals surface area contributed by atoms with Crippen molar-refractivity contribution >= 4 is 17.4 Å². The number of H-pyrrole nitrogens is 1. The molecule has 1 aromatic carbocycles. The van der Waals surface area contributed by atoms with E-state index in [1.165, 1.54) is 18.0 Å². The van der Waals surface area contributed by atoms with Crippen LogP contribution in [0.3, 0.4) is 0 Å². The highest BCUT2D eigenvalue weighted by molar-refractivity contribution is 5.91. The maximum Gasteiger partial charge on any atom is 0.277 e. The number of benzene rings is 1. The third-order valence-corrected chi connectivity index (χ3v) is 4.00. The summed E-state index contributed by atoms with van der Waals surface area (Å²) in [5.41, 5.74) is 1.39. The summed E-state index contributed by atoms with van der Waals surface area (Å²) in [7, 11) is 3.07. The van der Waals surface area contributed by atoms with Crippen molar-refractivity contribution in [2.45, 2.75) is 19.8 Å². The zero-order chi connectivity index (χ0) is 18.7. The van der Waals surface area contributed by atoms with Crippen LogP contribution in [0, 0.1) is 6.92 Å². The predicted molar refractivity (Wildman–Crippen MR) is 94.8 cm³/mol. The monoisotopic (exact) mass is 357 g/mol. The van der Waals surface area contributed by atoms with Gasteiger partial charge in [-0.15, -0.1) is 0 Å². The van der Waals surface area contributed by atoms with Crippen LogP contribution in [0.4, 0.5) is 5.69 Å². The molecule has 0 fully saturated rings. The van der Waals surface area contributed by atoms with Crippen molar-refractivity contribution in [1.29, 1.82) is 0 Å². The SMILES string of the molecule is COc1ccc(NC(=O)CCc2c(C)nc3nc[nH]n3c2=O)cc1OC. The molecule has 0 saturated carbocycles. The molecular weight excluding hydrogens is 338 g/mol. The molecule has 136 valence electrons. The Kier molecular flexibility index (Phi) is 4.87. The minimum Gasteiger partial charge on any atom is -0.493 e. The molecule has 0 spiro atoms. The van der Waals surface area contributed by atoms with E-state index in [1.54, 1.807) is 32.2 Å². The second-order valence-corrected chi connectivity index (χ2v) is 5.62. The first-order valence-electron chi connectivity index (χ1n) is 7.97. The van der Waals surface area contributed by atoms with Gasteiger partial charge in [-0.3, -0.25) is 14.7 Å². The Hall–Kier alpha value is -3.36. The van der Waals surface area contributed by atoms with Crippen LogP contribution >= 0.6 is 0 Å². The van der Waals surface area contributed by atoms with Crippen molar-refractivity contribution in [2.75, 3.05) is 19.5 Å². The van der Waals surface area contributed by atoms with E-state index in [2.05, 4.69) is 20.4 Å². The number of aromatic amines is 1. The number of nitrogens with zero attached hydrogens (tertiary/aromatic N) is 3. The van der Waals surface area contributed by atoms with E-state index in [0.29, 0.717) is 34.2 Å². The summed E-state index contributed by atoms with van der Waals surface area (Å²) in [4.78, 5) is 32.9. The number of carbonyl (C=O) groups excluding carboxylic acids is 1. The van der Waals surface area contributed by atoms with Crippen LogP contribution in [0.25, 0.3) is 5.78 Å². The number of aryl methyl sites for hydroxylation is 1. The van der Waals surface area contributed by atoms with Crippen molar-refractivity contribution in [3.05, 3.63) is 46.1 Å². The van der Waals surface area contributed by atoms with E-state index in [0.717, 1.165) is 0 Å². The first-order valence-corrected chi connectivity index (χ1v) is 7.97. The van der Waals surface area contributed by atoms with E-state index in [9.17, 15) is 9.59 Å². The van der Waals surface area contributed by atoms with Gasteiger partial charge in [0.05, 0.1) is 19.9 Å². The number of aromatic nitrogens is 4. The third-order valence-electron chi connectivity index (χ3n) is 4.00. The Morgan fingerprint density at radius 3 is 2.77 bits per heavy atom. The van der Waals surface area contributed by atoms with Crippen molar-refractivity contribution in [1.82, 2.24) is 19.6 Å². The molecule has 0 aliphatic carbocycles. The van der Waals surface area contributed by atoms with Crippen molar-refractivity contribution in [3.8, 4) is 11.5 Å². The predicted octanol–water partition coefficient (Wildman–Crippen LogP) is 1.31. The summed E-state index contributed by atoms with van der Waals surface area (Å²) in [6.07, 6.45) is 1.82. The number of methoxy groups -OCH3 is 2. The highest BCUT2D eigenvalue weighted by atomic mass is 16.5. The van der Waals surface area contributed by atoms with Gasteiger partial charge in [-0.2, -0.15) is 4.52 Å². The van der Waals surface area contributed by atoms with Gasteiger partial charge in [0, 0.05) is 23.7 Å². The standard InChI is InChI=1S/C17H19N5O4/c1-10-12(16(24)22-17(20-10)18-9-19-22)5-7-15(23)21-11-4-6-13(25-2)14(8-11)26-3/h4,6,8-9H,5,7H2,1-3H3,(H,21,23)(H,18,19,20). The van der Waals surface area contributed by atoms with Gasteiger partial charge in [-0.25, -0.2) is 9.97 Å². The van der Waals surface area contributed by atoms with Gasteiger partial charge in [-0.05, 0) is 25.5 Å². The Morgan fingerprint density at radius 1 is 1.27 bits per heavy atom. The maximum atomic E-state index is 12.4. The molecule has 2 N–H and O–H groups in total. The molecule has 0 atom stereocenters. The molecule has 2 heterocycles. The quantitative estimate of drug-likeness (QED) is 0.688. The fraction of sp³-hybridized carbons (Fsp3) is 0.294. The fourth-order valence-corrected chi connectivity index (χ4v) is 2.66. The number of carbonyl (C=O) groups is 1. The molecule has 9 heteroatoms. The number of hydrogen-bond acceptors (Lipinski definition) is 6. The Bertz CT molecular complexity index is 1010. The van der Waals surface area contributed by atoms with Crippen molar-refractivity contribution in [2.24, 2.45) is 0 Å². The number of anilines is 1. The zero-order valence-electron chi connectivity index (χ0n) is 14.7. The molecular formula is C17H19N5O4. The molecule has 3 aromatic rings. The lowest BCUT2D eigenvalue weighted by Crippen LogP contribution is -2.23. The van der Waals surface area contributed by atoms with E-state index in [-0.39, 0.29) is 24.3 Å². The third kappa shape index (κ3) is 3.37. The van der Waals surface area contributed by atoms with Gasteiger partial charge in [0.25, 0.3) is 11.3 Å². The Morgan fingerprint density at radius 2 is 2.04 bits per heavy atom. The van der Waals surface area contributed by atoms with E-state index in [1.807, 2.05) is 0 Å². The number of hydrogen-bond donors (Lipinski definition) is 2. The second-order valence-electron chi connectivity index (χ2n) is 5.62. The van der Waals surface area contributed by atoms with Gasteiger partial charge in [0.1, 0.15) is 6.33 Å². The van der Waals surface area contributed by atoms with Gasteiger partial charge >= 0.3 is 0 Å². The van der Waals surface area contributed by atoms with Gasteiger partial charge in [-0.1, -0.05) is 0 Å². The molecule has 0 unspecified atom stereocenters. The fourth-order valence-electron chi connectivity index (χ4n) is 2.66. The van der Waals surface area contributed by atoms with Crippen LogP contribution in [0.1, 0.15) is 17.7 Å². The van der Waals surface area contributed by atoms with E-state index in [4.69, 9.17) is 9.47 Å². The summed E-state index contributed by atoms with van der Waals surface area (Å²) in [6, 6.07) is 5.10. The molecule has 9 nitrogen and oxygen atoms in total. The minimum atomic E-state index is -0.246. The molecule has 26 heavy (non-hydrogen) atoms. The lowest BCUT2D eigenvalue weighted by Gasteiger charge is -2.11. The lowest BCUT2D eigenvalue weighted by molar-refractivity contribution is -0.116. The summed E-state index contributed by atoms with van der Waals surface area (Å²) >= 11 is 0. The highest BCUT2D eigenvalue weighted by Crippen LogP contribution is 2.29. The summed E-state index contributed by atoms with van der Waals surface area (Å²) in [5, 5.41) is 5.50. The van der Waals surface area contributed by atoms with Crippen molar-refractivity contribution < 1.29 is 14.3 Å². The lowest BCUT2D eigenvalue weighted by atomic mass is 10.1. The number of rotatable bonds is 6. The molecule has 0 radical (unpaired) electrons. The maximum absolute atomic E-state index is 12.4. The Balaban J connectivity index is 1.71. The highest BCUT2D eigenvalue weighted by Gasteiger charge is 2.13. The van der Waals surface area contributed by atoms with Crippen LogP contribution in [-0.2, 0) is 11.2 Å². The first kappa shape index (κ1) is 17.5. The molecule has 0 bridgehead atoms. The van der Waals surface area contributed by atoms with Crippen molar-refractivity contribution in [3.63, 3.8) is 0 Å². The van der Waals surface area contributed by atoms with E-state index >= 15 is 0 Å². The molecule has 0 saturated heterocycles. The van der Waals surface area contributed by atoms with Gasteiger partial charge in [0.15, 0.2) is 11.5 Å². The number of nitrogens with one attached hydrogen (secondary N) is 2. The molecule has 2 aromatic heterocycles. The Labute approximate surface area is 149 Å². The summed E-state index contributed by atoms with van der Waals surface area (Å²) in [6.45, 7) is 1.73. The number of amides is 1. The summed E-state index contributed by atoms with van der Waals surface area (Å²) in [5.74, 6) is 1.19. The normalized spacial score (nSPS) is 10.7. The average Bonchev–Trinajstić information content (AvgIpc) is 3.09. The van der Waals surface area contributed by atoms with Crippen LogP contribution in [-0.4, -0.2) is 39.7 Å². The van der Waals surface area contributed by atoms with Gasteiger partial charge in [0.2, 0.25) is 5.91 Å². The van der Waals surface area contributed by atoms with Crippen LogP contribution in [0.2, 0.25) is 0 Å². The van der Waals surface area contributed by atoms with Crippen LogP contribution in [0.15, 0.2) is 29.3 Å². The smallest absolute Gasteiger partial charge is 0.277 e. The zero-order valence-corrected chi connectivity index (χ0v) is 14.7. The largest absolute Gasteiger partial charge is 0.493 e. The molecule has 1 amide bonds. The number of ether oxygens (including phenoxy) is 2.